The van der Waals surface area contributed by atoms with Crippen molar-refractivity contribution in [3.05, 3.63) is 0 Å². The molecule has 0 saturated heterocycles. The molecular weight excluding hydrogens is 250 g/mol. The van der Waals surface area contributed by atoms with Crippen molar-refractivity contribution in [3.8, 4) is 0 Å². The van der Waals surface area contributed by atoms with Gasteiger partial charge < -0.3 is 16.4 Å². The molecule has 1 atom stereocenters. The molecule has 1 fully saturated rings. The van der Waals surface area contributed by atoms with Gasteiger partial charge in [-0.15, -0.1) is 0 Å². The summed E-state index contributed by atoms with van der Waals surface area (Å²) in [5.74, 6) is -0.485. The minimum absolute atomic E-state index is 0.0631. The molecule has 0 aromatic carbocycles. The highest BCUT2D eigenvalue weighted by Crippen LogP contribution is 2.18. The van der Waals surface area contributed by atoms with Crippen LogP contribution in [0.25, 0.3) is 0 Å². The summed E-state index contributed by atoms with van der Waals surface area (Å²) in [6, 6.07) is 0.395. The van der Waals surface area contributed by atoms with Crippen molar-refractivity contribution in [3.63, 3.8) is 0 Å². The van der Waals surface area contributed by atoms with Gasteiger partial charge in [-0.05, 0) is 25.7 Å². The maximum atomic E-state index is 11.7. The summed E-state index contributed by atoms with van der Waals surface area (Å²) in [5, 5.41) is 5.65. The molecule has 0 bridgehead atoms. The van der Waals surface area contributed by atoms with Crippen LogP contribution in [0.15, 0.2) is 0 Å². The average molecular weight is 271 g/mol. The summed E-state index contributed by atoms with van der Waals surface area (Å²) < 4.78 is 0. The average Bonchev–Trinajstić information content (AvgIpc) is 3.08. The lowest BCUT2D eigenvalue weighted by molar-refractivity contribution is -0.124. The highest BCUT2D eigenvalue weighted by molar-refractivity contribution is 7.80. The number of amides is 2. The molecule has 0 aromatic heterocycles. The molecule has 5 nitrogen and oxygen atoms in total. The Morgan fingerprint density at radius 2 is 2.11 bits per heavy atom. The van der Waals surface area contributed by atoms with Gasteiger partial charge in [0.2, 0.25) is 11.8 Å². The first-order chi connectivity index (χ1) is 8.54. The third-order valence-corrected chi connectivity index (χ3v) is 3.18. The molecule has 1 saturated carbocycles. The van der Waals surface area contributed by atoms with Crippen molar-refractivity contribution < 1.29 is 9.59 Å². The van der Waals surface area contributed by atoms with E-state index in [4.69, 9.17) is 18.0 Å². The van der Waals surface area contributed by atoms with E-state index in [0.29, 0.717) is 31.8 Å². The molecule has 2 amide bonds. The number of hydrogen-bond acceptors (Lipinski definition) is 3. The van der Waals surface area contributed by atoms with Crippen LogP contribution in [0.5, 0.6) is 0 Å². The van der Waals surface area contributed by atoms with Gasteiger partial charge in [-0.1, -0.05) is 19.1 Å². The number of rotatable bonds is 8. The van der Waals surface area contributed by atoms with Crippen LogP contribution < -0.4 is 16.4 Å². The molecule has 0 radical (unpaired) electrons. The molecule has 1 rings (SSSR count). The van der Waals surface area contributed by atoms with Gasteiger partial charge in [0.05, 0.1) is 10.9 Å². The van der Waals surface area contributed by atoms with Gasteiger partial charge in [0, 0.05) is 19.0 Å². The molecule has 18 heavy (non-hydrogen) atoms. The fraction of sp³-hybridized carbons (Fsp3) is 0.750. The van der Waals surface area contributed by atoms with Crippen LogP contribution >= 0.6 is 12.2 Å². The van der Waals surface area contributed by atoms with Gasteiger partial charge in [0.1, 0.15) is 0 Å². The van der Waals surface area contributed by atoms with Crippen LogP contribution in [0, 0.1) is 5.92 Å². The molecule has 1 unspecified atom stereocenters. The van der Waals surface area contributed by atoms with E-state index >= 15 is 0 Å². The van der Waals surface area contributed by atoms with Crippen molar-refractivity contribution in [2.24, 2.45) is 11.7 Å². The number of hydrogen-bond donors (Lipinski definition) is 3. The van der Waals surface area contributed by atoms with Crippen LogP contribution in [0.4, 0.5) is 0 Å². The molecule has 6 heteroatoms. The first kappa shape index (κ1) is 14.9. The molecule has 0 spiro atoms. The highest BCUT2D eigenvalue weighted by Gasteiger charge is 2.23. The number of nitrogens with one attached hydrogen (secondary N) is 2. The predicted molar refractivity (Wildman–Crippen MR) is 74.0 cm³/mol. The van der Waals surface area contributed by atoms with Gasteiger partial charge in [-0.3, -0.25) is 9.59 Å². The van der Waals surface area contributed by atoms with E-state index in [0.717, 1.165) is 12.8 Å². The Labute approximate surface area is 113 Å². The quantitative estimate of drug-likeness (QED) is 0.443. The number of thiocarbonyl (C=S) groups is 1. The summed E-state index contributed by atoms with van der Waals surface area (Å²) in [5.41, 5.74) is 5.47. The van der Waals surface area contributed by atoms with Crippen molar-refractivity contribution in [2.75, 3.05) is 6.54 Å². The van der Waals surface area contributed by atoms with Gasteiger partial charge >= 0.3 is 0 Å². The van der Waals surface area contributed by atoms with Crippen LogP contribution in [0.2, 0.25) is 0 Å². The zero-order chi connectivity index (χ0) is 13.5. The van der Waals surface area contributed by atoms with Gasteiger partial charge in [0.15, 0.2) is 0 Å². The van der Waals surface area contributed by atoms with E-state index in [2.05, 4.69) is 10.6 Å². The zero-order valence-electron chi connectivity index (χ0n) is 10.7. The molecule has 0 aliphatic heterocycles. The van der Waals surface area contributed by atoms with Gasteiger partial charge in [0.25, 0.3) is 0 Å². The van der Waals surface area contributed by atoms with Crippen molar-refractivity contribution in [1.82, 2.24) is 10.6 Å². The van der Waals surface area contributed by atoms with Crippen molar-refractivity contribution in [1.29, 1.82) is 0 Å². The summed E-state index contributed by atoms with van der Waals surface area (Å²) in [7, 11) is 0. The Morgan fingerprint density at radius 3 is 2.61 bits per heavy atom. The lowest BCUT2D eigenvalue weighted by Gasteiger charge is -2.13. The van der Waals surface area contributed by atoms with Crippen LogP contribution in [0.3, 0.4) is 0 Å². The zero-order valence-corrected chi connectivity index (χ0v) is 11.5. The van der Waals surface area contributed by atoms with E-state index in [1.165, 1.54) is 0 Å². The minimum atomic E-state index is -0.403. The van der Waals surface area contributed by atoms with E-state index < -0.39 is 5.92 Å². The normalized spacial score (nSPS) is 15.8. The lowest BCUT2D eigenvalue weighted by Crippen LogP contribution is -2.38. The third kappa shape index (κ3) is 5.44. The monoisotopic (exact) mass is 271 g/mol. The maximum absolute atomic E-state index is 11.7. The van der Waals surface area contributed by atoms with Gasteiger partial charge in [-0.25, -0.2) is 0 Å². The van der Waals surface area contributed by atoms with E-state index in [-0.39, 0.29) is 16.8 Å². The second-order valence-electron chi connectivity index (χ2n) is 4.60. The van der Waals surface area contributed by atoms with Crippen molar-refractivity contribution >= 4 is 29.0 Å². The second kappa shape index (κ2) is 7.31. The van der Waals surface area contributed by atoms with Crippen LogP contribution in [-0.2, 0) is 9.59 Å². The first-order valence-electron chi connectivity index (χ1n) is 6.41. The second-order valence-corrected chi connectivity index (χ2v) is 5.07. The standard InChI is InChI=1S/C12H21N3O2S/c1-2-9(11(13)18)12(17)14-7-3-4-10(16)15-8-5-6-8/h8-9H,2-7H2,1H3,(H2,13,18)(H,14,17)(H,15,16). The minimum Gasteiger partial charge on any atom is -0.393 e. The smallest absolute Gasteiger partial charge is 0.229 e. The SMILES string of the molecule is CCC(C(=O)NCCCC(=O)NC1CC1)C(N)=S. The fourth-order valence-electron chi connectivity index (χ4n) is 1.63. The summed E-state index contributed by atoms with van der Waals surface area (Å²) in [6.07, 6.45) is 3.87. The largest absolute Gasteiger partial charge is 0.393 e. The number of nitrogens with two attached hydrogens (primary N) is 1. The maximum Gasteiger partial charge on any atom is 0.229 e. The Bertz CT molecular complexity index is 329. The summed E-state index contributed by atoms with van der Waals surface area (Å²) in [4.78, 5) is 23.3. The van der Waals surface area contributed by atoms with Crippen molar-refractivity contribution in [2.45, 2.75) is 45.1 Å². The topological polar surface area (TPSA) is 84.2 Å². The lowest BCUT2D eigenvalue weighted by atomic mass is 10.1. The molecular formula is C12H21N3O2S. The van der Waals surface area contributed by atoms with E-state index in [1.807, 2.05) is 6.92 Å². The van der Waals surface area contributed by atoms with E-state index in [9.17, 15) is 9.59 Å². The Balaban J connectivity index is 2.10. The highest BCUT2D eigenvalue weighted by atomic mass is 32.1. The first-order valence-corrected chi connectivity index (χ1v) is 6.81. The fourth-order valence-corrected chi connectivity index (χ4v) is 1.90. The Morgan fingerprint density at radius 1 is 1.44 bits per heavy atom. The molecule has 102 valence electrons. The van der Waals surface area contributed by atoms with E-state index in [1.54, 1.807) is 0 Å². The Hall–Kier alpha value is -1.17. The third-order valence-electron chi connectivity index (χ3n) is 2.89. The number of carbonyl (C=O) groups excluding carboxylic acids is 2. The van der Waals surface area contributed by atoms with Gasteiger partial charge in [-0.2, -0.15) is 0 Å². The molecule has 1 aliphatic rings. The number of carbonyl (C=O) groups is 2. The molecule has 4 N–H and O–H groups in total. The molecule has 1 aliphatic carbocycles. The Kier molecular flexibility index (Phi) is 6.04. The van der Waals surface area contributed by atoms with Crippen LogP contribution in [-0.4, -0.2) is 29.4 Å². The molecule has 0 aromatic rings. The summed E-state index contributed by atoms with van der Waals surface area (Å²) in [6.45, 7) is 2.35. The molecule has 0 heterocycles. The summed E-state index contributed by atoms with van der Waals surface area (Å²) >= 11 is 4.82. The predicted octanol–water partition coefficient (Wildman–Crippen LogP) is 0.474. The van der Waals surface area contributed by atoms with Crippen LogP contribution in [0.1, 0.15) is 39.0 Å².